The fourth-order valence-electron chi connectivity index (χ4n) is 3.60. The zero-order valence-electron chi connectivity index (χ0n) is 15.7. The number of carboxylic acids is 1. The highest BCUT2D eigenvalue weighted by Crippen LogP contribution is 2.31. The maximum absolute atomic E-state index is 10.5. The van der Waals surface area contributed by atoms with Gasteiger partial charge in [-0.05, 0) is 49.5 Å². The van der Waals surface area contributed by atoms with Crippen LogP contribution in [0.3, 0.4) is 0 Å². The van der Waals surface area contributed by atoms with E-state index in [0.29, 0.717) is 18.3 Å². The summed E-state index contributed by atoms with van der Waals surface area (Å²) in [5.41, 5.74) is 1.18. The molecule has 1 heterocycles. The number of aliphatic carboxylic acids is 1. The Kier molecular flexibility index (Phi) is 8.86. The monoisotopic (exact) mass is 360 g/mol. The van der Waals surface area contributed by atoms with E-state index in [1.807, 2.05) is 18.2 Å². The van der Waals surface area contributed by atoms with Gasteiger partial charge in [0, 0.05) is 18.9 Å². The fourth-order valence-corrected chi connectivity index (χ4v) is 3.60. The van der Waals surface area contributed by atoms with Gasteiger partial charge in [-0.3, -0.25) is 4.79 Å². The summed E-state index contributed by atoms with van der Waals surface area (Å²) >= 11 is 0. The highest BCUT2D eigenvalue weighted by Gasteiger charge is 2.28. The molecule has 26 heavy (non-hydrogen) atoms. The SMILES string of the molecule is CC(c1ccccc1)C(O)CC[C@@H]1COC[C@@H]1C/C=C\CCCC(=O)O. The van der Waals surface area contributed by atoms with Crippen LogP contribution in [0.5, 0.6) is 0 Å². The van der Waals surface area contributed by atoms with Crippen LogP contribution in [0.15, 0.2) is 42.5 Å². The van der Waals surface area contributed by atoms with Crippen molar-refractivity contribution < 1.29 is 19.7 Å². The van der Waals surface area contributed by atoms with Crippen molar-refractivity contribution in [2.24, 2.45) is 11.8 Å². The van der Waals surface area contributed by atoms with E-state index >= 15 is 0 Å². The van der Waals surface area contributed by atoms with Crippen LogP contribution in [-0.4, -0.2) is 35.5 Å². The fraction of sp³-hybridized carbons (Fsp3) is 0.591. The molecule has 2 rings (SSSR count). The van der Waals surface area contributed by atoms with Gasteiger partial charge in [0.05, 0.1) is 12.7 Å². The van der Waals surface area contributed by atoms with Gasteiger partial charge in [-0.15, -0.1) is 0 Å². The lowest BCUT2D eigenvalue weighted by Gasteiger charge is -2.22. The second-order valence-electron chi connectivity index (χ2n) is 7.39. The van der Waals surface area contributed by atoms with Crippen molar-refractivity contribution in [3.05, 3.63) is 48.0 Å². The summed E-state index contributed by atoms with van der Waals surface area (Å²) in [6, 6.07) is 10.2. The van der Waals surface area contributed by atoms with Crippen LogP contribution in [0, 0.1) is 11.8 Å². The first-order valence-electron chi connectivity index (χ1n) is 9.75. The number of hydrogen-bond acceptors (Lipinski definition) is 3. The van der Waals surface area contributed by atoms with Crippen LogP contribution in [-0.2, 0) is 9.53 Å². The molecule has 0 saturated carbocycles. The molecule has 1 aliphatic heterocycles. The largest absolute Gasteiger partial charge is 0.481 e. The van der Waals surface area contributed by atoms with Crippen LogP contribution in [0.1, 0.15) is 56.9 Å². The molecule has 1 aromatic rings. The minimum Gasteiger partial charge on any atom is -0.481 e. The van der Waals surface area contributed by atoms with Gasteiger partial charge in [0.15, 0.2) is 0 Å². The lowest BCUT2D eigenvalue weighted by Crippen LogP contribution is -2.19. The number of rotatable bonds is 11. The summed E-state index contributed by atoms with van der Waals surface area (Å²) in [7, 11) is 0. The third-order valence-corrected chi connectivity index (χ3v) is 5.43. The van der Waals surface area contributed by atoms with Crippen LogP contribution in [0.4, 0.5) is 0 Å². The number of unbranched alkanes of at least 4 members (excludes halogenated alkanes) is 1. The molecule has 4 nitrogen and oxygen atoms in total. The van der Waals surface area contributed by atoms with Gasteiger partial charge in [0.1, 0.15) is 0 Å². The van der Waals surface area contributed by atoms with E-state index in [4.69, 9.17) is 9.84 Å². The molecule has 0 amide bonds. The summed E-state index contributed by atoms with van der Waals surface area (Å²) in [4.78, 5) is 10.5. The Balaban J connectivity index is 1.70. The molecule has 1 saturated heterocycles. The summed E-state index contributed by atoms with van der Waals surface area (Å²) < 4.78 is 5.66. The van der Waals surface area contributed by atoms with Gasteiger partial charge in [0.25, 0.3) is 0 Å². The van der Waals surface area contributed by atoms with E-state index in [1.165, 1.54) is 5.56 Å². The van der Waals surface area contributed by atoms with Crippen molar-refractivity contribution in [3.8, 4) is 0 Å². The number of hydrogen-bond donors (Lipinski definition) is 2. The molecule has 1 aliphatic rings. The molecule has 2 unspecified atom stereocenters. The van der Waals surface area contributed by atoms with Crippen LogP contribution < -0.4 is 0 Å². The predicted octanol–water partition coefficient (Wildman–Crippen LogP) is 4.40. The van der Waals surface area contributed by atoms with Gasteiger partial charge < -0.3 is 14.9 Å². The molecule has 1 fully saturated rings. The summed E-state index contributed by atoms with van der Waals surface area (Å²) in [6.07, 6.45) is 8.42. The number of ether oxygens (including phenoxy) is 1. The normalized spacial score (nSPS) is 22.5. The molecule has 4 atom stereocenters. The minimum atomic E-state index is -0.731. The molecule has 4 heteroatoms. The quantitative estimate of drug-likeness (QED) is 0.453. The van der Waals surface area contributed by atoms with Crippen molar-refractivity contribution >= 4 is 5.97 Å². The lowest BCUT2D eigenvalue weighted by atomic mass is 9.85. The maximum Gasteiger partial charge on any atom is 0.303 e. The van der Waals surface area contributed by atoms with Crippen molar-refractivity contribution in [1.82, 2.24) is 0 Å². The van der Waals surface area contributed by atoms with Crippen LogP contribution in [0.2, 0.25) is 0 Å². The van der Waals surface area contributed by atoms with Crippen LogP contribution in [0.25, 0.3) is 0 Å². The number of benzene rings is 1. The van der Waals surface area contributed by atoms with Crippen molar-refractivity contribution in [2.75, 3.05) is 13.2 Å². The van der Waals surface area contributed by atoms with E-state index in [2.05, 4.69) is 31.2 Å². The van der Waals surface area contributed by atoms with Gasteiger partial charge in [-0.1, -0.05) is 49.4 Å². The van der Waals surface area contributed by atoms with E-state index in [-0.39, 0.29) is 18.4 Å². The van der Waals surface area contributed by atoms with Gasteiger partial charge in [0.2, 0.25) is 0 Å². The number of aliphatic hydroxyl groups is 1. The third-order valence-electron chi connectivity index (χ3n) is 5.43. The molecular formula is C22H32O4. The molecule has 2 N–H and O–H groups in total. The molecule has 0 aliphatic carbocycles. The number of carbonyl (C=O) groups is 1. The standard InChI is InChI=1S/C22H32O4/c1-17(18-9-6-4-7-10-18)21(23)14-13-20-16-26-15-19(20)11-5-2-3-8-12-22(24)25/h2,4-7,9-10,17,19-21,23H,3,8,11-16H2,1H3,(H,24,25)/b5-2-/t17?,19-,20+,21?/m0/s1. The number of aliphatic hydroxyl groups excluding tert-OH is 1. The Morgan fingerprint density at radius 1 is 1.23 bits per heavy atom. The average molecular weight is 360 g/mol. The summed E-state index contributed by atoms with van der Waals surface area (Å²) in [5.74, 6) is 0.415. The first kappa shape index (κ1) is 20.7. The smallest absolute Gasteiger partial charge is 0.303 e. The molecular weight excluding hydrogens is 328 g/mol. The highest BCUT2D eigenvalue weighted by atomic mass is 16.5. The molecule has 0 aromatic heterocycles. The van der Waals surface area contributed by atoms with E-state index in [9.17, 15) is 9.90 Å². The van der Waals surface area contributed by atoms with E-state index in [1.54, 1.807) is 0 Å². The maximum atomic E-state index is 10.5. The molecule has 0 bridgehead atoms. The molecule has 144 valence electrons. The van der Waals surface area contributed by atoms with Gasteiger partial charge in [-0.2, -0.15) is 0 Å². The minimum absolute atomic E-state index is 0.145. The Labute approximate surface area is 156 Å². The molecule has 1 aromatic carbocycles. The highest BCUT2D eigenvalue weighted by molar-refractivity contribution is 5.66. The van der Waals surface area contributed by atoms with Gasteiger partial charge in [-0.25, -0.2) is 0 Å². The van der Waals surface area contributed by atoms with Gasteiger partial charge >= 0.3 is 5.97 Å². The Hall–Kier alpha value is -1.65. The Morgan fingerprint density at radius 2 is 1.96 bits per heavy atom. The summed E-state index contributed by atoms with van der Waals surface area (Å²) in [5, 5.41) is 19.2. The van der Waals surface area contributed by atoms with Crippen LogP contribution >= 0.6 is 0 Å². The Bertz CT molecular complexity index is 555. The average Bonchev–Trinajstić information content (AvgIpc) is 3.09. The van der Waals surface area contributed by atoms with Crippen molar-refractivity contribution in [3.63, 3.8) is 0 Å². The number of carboxylic acid groups (broad SMARTS) is 1. The van der Waals surface area contributed by atoms with E-state index < -0.39 is 5.97 Å². The Morgan fingerprint density at radius 3 is 2.69 bits per heavy atom. The van der Waals surface area contributed by atoms with Crippen molar-refractivity contribution in [1.29, 1.82) is 0 Å². The van der Waals surface area contributed by atoms with Crippen molar-refractivity contribution in [2.45, 2.75) is 57.5 Å². The zero-order chi connectivity index (χ0) is 18.8. The third kappa shape index (κ3) is 6.93. The predicted molar refractivity (Wildman–Crippen MR) is 103 cm³/mol. The second kappa shape index (κ2) is 11.1. The van der Waals surface area contributed by atoms with E-state index in [0.717, 1.165) is 38.9 Å². The second-order valence-corrected chi connectivity index (χ2v) is 7.39. The zero-order valence-corrected chi connectivity index (χ0v) is 15.7. The first-order chi connectivity index (χ1) is 12.6. The number of allylic oxidation sites excluding steroid dienone is 2. The molecule has 0 spiro atoms. The lowest BCUT2D eigenvalue weighted by molar-refractivity contribution is -0.137. The first-order valence-corrected chi connectivity index (χ1v) is 9.75. The molecule has 0 radical (unpaired) electrons. The summed E-state index contributed by atoms with van der Waals surface area (Å²) in [6.45, 7) is 3.65. The topological polar surface area (TPSA) is 66.8 Å².